The first-order valence-electron chi connectivity index (χ1n) is 8.89. The number of hydrogen-bond acceptors (Lipinski definition) is 4. The van der Waals surface area contributed by atoms with E-state index < -0.39 is 0 Å². The zero-order valence-corrected chi connectivity index (χ0v) is 17.0. The van der Waals surface area contributed by atoms with E-state index in [2.05, 4.69) is 29.8 Å². The lowest BCUT2D eigenvalue weighted by Gasteiger charge is -2.31. The van der Waals surface area contributed by atoms with E-state index in [0.717, 1.165) is 56.1 Å². The van der Waals surface area contributed by atoms with Crippen LogP contribution in [-0.2, 0) is 17.6 Å². The van der Waals surface area contributed by atoms with Crippen molar-refractivity contribution in [3.05, 3.63) is 45.3 Å². The monoisotopic (exact) mass is 412 g/mol. The van der Waals surface area contributed by atoms with Gasteiger partial charge in [-0.15, -0.1) is 0 Å². The van der Waals surface area contributed by atoms with Crippen molar-refractivity contribution in [2.24, 2.45) is 5.41 Å². The molecule has 0 atom stereocenters. The van der Waals surface area contributed by atoms with Crippen LogP contribution in [0.3, 0.4) is 0 Å². The predicted octanol–water partition coefficient (Wildman–Crippen LogP) is 5.16. The molecule has 0 amide bonds. The van der Waals surface area contributed by atoms with Gasteiger partial charge in [-0.25, -0.2) is 4.79 Å². The number of halogens is 1. The number of carbonyl (C=O) groups excluding carboxylic acids is 1. The molecule has 5 heteroatoms. The van der Waals surface area contributed by atoms with E-state index in [0.29, 0.717) is 12.2 Å². The van der Waals surface area contributed by atoms with Crippen molar-refractivity contribution < 1.29 is 9.53 Å². The molecule has 2 heterocycles. The van der Waals surface area contributed by atoms with Gasteiger partial charge < -0.3 is 4.74 Å². The number of aromatic nitrogens is 2. The summed E-state index contributed by atoms with van der Waals surface area (Å²) < 4.78 is 6.33. The molecular formula is C21H21BrN2O2. The molecule has 0 N–H and O–H groups in total. The Kier molecular flexibility index (Phi) is 4.03. The fraction of sp³-hybridized carbons (Fsp3) is 0.381. The van der Waals surface area contributed by atoms with Gasteiger partial charge in [0.2, 0.25) is 0 Å². The zero-order chi connectivity index (χ0) is 18.6. The molecule has 1 aliphatic rings. The maximum Gasteiger partial charge on any atom is 0.340 e. The van der Waals surface area contributed by atoms with Gasteiger partial charge in [0.25, 0.3) is 0 Å². The van der Waals surface area contributed by atoms with Crippen LogP contribution in [0.25, 0.3) is 21.7 Å². The Morgan fingerprint density at radius 3 is 2.58 bits per heavy atom. The van der Waals surface area contributed by atoms with E-state index >= 15 is 0 Å². The first-order chi connectivity index (χ1) is 12.3. The SMILES string of the molecule is CCOC(=O)c1c(C)nc2c3c(nc4cc(Br)ccc4c13)CC(C)(C)C2. The van der Waals surface area contributed by atoms with Crippen LogP contribution >= 0.6 is 15.9 Å². The summed E-state index contributed by atoms with van der Waals surface area (Å²) in [5.41, 5.74) is 4.34. The lowest BCUT2D eigenvalue weighted by Crippen LogP contribution is -2.26. The molecule has 0 unspecified atom stereocenters. The Bertz CT molecular complexity index is 1070. The zero-order valence-electron chi connectivity index (χ0n) is 15.4. The molecule has 4 rings (SSSR count). The number of aryl methyl sites for hydroxylation is 1. The van der Waals surface area contributed by atoms with Crippen molar-refractivity contribution in [1.29, 1.82) is 0 Å². The number of carbonyl (C=O) groups is 1. The summed E-state index contributed by atoms with van der Waals surface area (Å²) in [6.07, 6.45) is 1.75. The second-order valence-electron chi connectivity index (χ2n) is 7.73. The van der Waals surface area contributed by atoms with Gasteiger partial charge >= 0.3 is 5.97 Å². The lowest BCUT2D eigenvalue weighted by molar-refractivity contribution is 0.0527. The second-order valence-corrected chi connectivity index (χ2v) is 8.64. The number of ether oxygens (including phenoxy) is 1. The summed E-state index contributed by atoms with van der Waals surface area (Å²) in [4.78, 5) is 22.5. The number of fused-ring (bicyclic) bond motifs is 2. The third-order valence-electron chi connectivity index (χ3n) is 5.00. The molecular weight excluding hydrogens is 392 g/mol. The first kappa shape index (κ1) is 17.4. The quantitative estimate of drug-likeness (QED) is 0.431. The molecule has 4 nitrogen and oxygen atoms in total. The Morgan fingerprint density at radius 2 is 1.88 bits per heavy atom. The Balaban J connectivity index is 2.20. The third kappa shape index (κ3) is 2.69. The van der Waals surface area contributed by atoms with Gasteiger partial charge in [-0.2, -0.15) is 0 Å². The fourth-order valence-corrected chi connectivity index (χ4v) is 4.38. The van der Waals surface area contributed by atoms with Gasteiger partial charge in [-0.3, -0.25) is 9.97 Å². The molecule has 1 aliphatic carbocycles. The summed E-state index contributed by atoms with van der Waals surface area (Å²) in [5.74, 6) is -0.310. The van der Waals surface area contributed by atoms with Gasteiger partial charge in [0.05, 0.1) is 34.8 Å². The second kappa shape index (κ2) is 6.02. The van der Waals surface area contributed by atoms with Crippen molar-refractivity contribution in [2.45, 2.75) is 40.5 Å². The van der Waals surface area contributed by atoms with Crippen LogP contribution in [0.4, 0.5) is 0 Å². The normalized spacial score (nSPS) is 15.4. The fourth-order valence-electron chi connectivity index (χ4n) is 4.03. The van der Waals surface area contributed by atoms with E-state index in [-0.39, 0.29) is 11.4 Å². The van der Waals surface area contributed by atoms with Crippen molar-refractivity contribution in [2.75, 3.05) is 6.61 Å². The van der Waals surface area contributed by atoms with E-state index in [1.165, 1.54) is 0 Å². The number of esters is 1. The summed E-state index contributed by atoms with van der Waals surface area (Å²) in [6, 6.07) is 6.03. The number of rotatable bonds is 2. The molecule has 26 heavy (non-hydrogen) atoms. The number of nitrogens with zero attached hydrogens (tertiary/aromatic N) is 2. The van der Waals surface area contributed by atoms with Crippen LogP contribution in [0.1, 0.15) is 48.2 Å². The number of hydrogen-bond donors (Lipinski definition) is 0. The minimum absolute atomic E-state index is 0.0947. The maximum absolute atomic E-state index is 12.8. The van der Waals surface area contributed by atoms with Crippen LogP contribution in [0, 0.1) is 12.3 Å². The van der Waals surface area contributed by atoms with E-state index in [1.807, 2.05) is 32.0 Å². The number of benzene rings is 1. The molecule has 0 spiro atoms. The largest absolute Gasteiger partial charge is 0.462 e. The van der Waals surface area contributed by atoms with E-state index in [9.17, 15) is 4.79 Å². The average molecular weight is 413 g/mol. The standard InChI is InChI=1S/C21H21BrN2O2/c1-5-26-20(25)17-11(2)23-15-9-21(3,4)10-16-19(15)18(17)13-7-6-12(22)8-14(13)24-16/h6-8H,5,9-10H2,1-4H3. The first-order valence-corrected chi connectivity index (χ1v) is 9.68. The van der Waals surface area contributed by atoms with Crippen LogP contribution in [0.15, 0.2) is 22.7 Å². The minimum atomic E-state index is -0.310. The topological polar surface area (TPSA) is 52.1 Å². The molecule has 3 aromatic rings. The minimum Gasteiger partial charge on any atom is -0.462 e. The number of pyridine rings is 2. The highest BCUT2D eigenvalue weighted by Crippen LogP contribution is 2.41. The maximum atomic E-state index is 12.8. The Morgan fingerprint density at radius 1 is 1.19 bits per heavy atom. The van der Waals surface area contributed by atoms with Crippen molar-refractivity contribution >= 4 is 43.6 Å². The van der Waals surface area contributed by atoms with Crippen LogP contribution < -0.4 is 0 Å². The van der Waals surface area contributed by atoms with Crippen LogP contribution in [0.2, 0.25) is 0 Å². The summed E-state index contributed by atoms with van der Waals surface area (Å²) in [7, 11) is 0. The Labute approximate surface area is 161 Å². The molecule has 134 valence electrons. The summed E-state index contributed by atoms with van der Waals surface area (Å²) in [6.45, 7) is 8.55. The van der Waals surface area contributed by atoms with Gasteiger partial charge in [0.1, 0.15) is 0 Å². The van der Waals surface area contributed by atoms with Gasteiger partial charge in [0.15, 0.2) is 0 Å². The third-order valence-corrected chi connectivity index (χ3v) is 5.49. The molecule has 0 saturated heterocycles. The van der Waals surface area contributed by atoms with Crippen molar-refractivity contribution in [3.63, 3.8) is 0 Å². The van der Waals surface area contributed by atoms with Crippen LogP contribution in [0.5, 0.6) is 0 Å². The highest BCUT2D eigenvalue weighted by molar-refractivity contribution is 9.10. The Hall–Kier alpha value is -2.01. The van der Waals surface area contributed by atoms with E-state index in [1.54, 1.807) is 0 Å². The summed E-state index contributed by atoms with van der Waals surface area (Å²) in [5, 5.41) is 2.95. The van der Waals surface area contributed by atoms with Crippen LogP contribution in [-0.4, -0.2) is 22.5 Å². The van der Waals surface area contributed by atoms with Gasteiger partial charge in [-0.05, 0) is 44.2 Å². The molecule has 0 radical (unpaired) electrons. The molecule has 0 aliphatic heterocycles. The smallest absolute Gasteiger partial charge is 0.340 e. The highest BCUT2D eigenvalue weighted by atomic mass is 79.9. The molecule has 1 aromatic carbocycles. The molecule has 0 saturated carbocycles. The van der Waals surface area contributed by atoms with Crippen molar-refractivity contribution in [1.82, 2.24) is 9.97 Å². The highest BCUT2D eigenvalue weighted by Gasteiger charge is 2.32. The lowest BCUT2D eigenvalue weighted by atomic mass is 9.76. The van der Waals surface area contributed by atoms with Gasteiger partial charge in [-0.1, -0.05) is 35.8 Å². The molecule has 0 fully saturated rings. The predicted molar refractivity (Wildman–Crippen MR) is 107 cm³/mol. The average Bonchev–Trinajstić information content (AvgIpc) is 2.52. The van der Waals surface area contributed by atoms with E-state index in [4.69, 9.17) is 14.7 Å². The molecule has 0 bridgehead atoms. The summed E-state index contributed by atoms with van der Waals surface area (Å²) >= 11 is 3.54. The van der Waals surface area contributed by atoms with Crippen molar-refractivity contribution in [3.8, 4) is 0 Å². The van der Waals surface area contributed by atoms with Gasteiger partial charge in [0, 0.05) is 20.6 Å². The molecule has 2 aromatic heterocycles.